The number of methoxy groups -OCH3 is 1. The Kier molecular flexibility index (Phi) is 5.43. The summed E-state index contributed by atoms with van der Waals surface area (Å²) >= 11 is 6.35. The van der Waals surface area contributed by atoms with E-state index in [0.29, 0.717) is 22.3 Å². The van der Waals surface area contributed by atoms with Gasteiger partial charge in [0.25, 0.3) is 5.91 Å². The van der Waals surface area contributed by atoms with E-state index in [9.17, 15) is 4.79 Å². The Balaban J connectivity index is 1.82. The molecule has 0 spiro atoms. The second-order valence-corrected chi connectivity index (χ2v) is 9.55. The molecule has 0 saturated heterocycles. The molecule has 28 heavy (non-hydrogen) atoms. The lowest BCUT2D eigenvalue weighted by Gasteiger charge is -2.19. The Hall–Kier alpha value is -2.29. The average Bonchev–Trinajstić information content (AvgIpc) is 3.34. The van der Waals surface area contributed by atoms with E-state index in [-0.39, 0.29) is 5.91 Å². The number of aryl methyl sites for hydroxylation is 1. The number of carbonyl (C=O) groups is 1. The second kappa shape index (κ2) is 7.98. The summed E-state index contributed by atoms with van der Waals surface area (Å²) in [6, 6.07) is 11.4. The lowest BCUT2D eigenvalue weighted by atomic mass is 10.2. The molecule has 0 fully saturated rings. The van der Waals surface area contributed by atoms with Crippen LogP contribution in [0.15, 0.2) is 52.6 Å². The van der Waals surface area contributed by atoms with Gasteiger partial charge in [0.2, 0.25) is 0 Å². The number of fused-ring (bicyclic) bond motifs is 1. The highest BCUT2D eigenvalue weighted by Gasteiger charge is 2.24. The summed E-state index contributed by atoms with van der Waals surface area (Å²) in [4.78, 5) is 24.5. The van der Waals surface area contributed by atoms with Crippen LogP contribution in [0.2, 0.25) is 0 Å². The third-order valence-electron chi connectivity index (χ3n) is 4.26. The molecule has 0 bridgehead atoms. The zero-order valence-electron chi connectivity index (χ0n) is 15.2. The molecule has 4 rings (SSSR count). The van der Waals surface area contributed by atoms with E-state index in [4.69, 9.17) is 9.72 Å². The van der Waals surface area contributed by atoms with Crippen molar-refractivity contribution in [1.29, 1.82) is 0 Å². The average molecular weight is 474 g/mol. The first kappa shape index (κ1) is 19.0. The van der Waals surface area contributed by atoms with Gasteiger partial charge in [-0.15, -0.1) is 11.3 Å². The minimum Gasteiger partial charge on any atom is -0.494 e. The van der Waals surface area contributed by atoms with Gasteiger partial charge in [-0.1, -0.05) is 17.4 Å². The molecule has 3 heterocycles. The predicted octanol–water partition coefficient (Wildman–Crippen LogP) is 5.68. The van der Waals surface area contributed by atoms with Crippen LogP contribution in [0.1, 0.15) is 20.8 Å². The Morgan fingerprint density at radius 3 is 2.61 bits per heavy atom. The Morgan fingerprint density at radius 2 is 1.93 bits per heavy atom. The maximum atomic E-state index is 13.3. The Morgan fingerprint density at radius 1 is 1.14 bits per heavy atom. The normalized spacial score (nSPS) is 11.0. The highest BCUT2D eigenvalue weighted by molar-refractivity contribution is 9.11. The van der Waals surface area contributed by atoms with Gasteiger partial charge in [-0.2, -0.15) is 0 Å². The third kappa shape index (κ3) is 3.67. The van der Waals surface area contributed by atoms with E-state index >= 15 is 0 Å². The highest BCUT2D eigenvalue weighted by atomic mass is 79.9. The SMILES string of the molecule is COc1ccc(C)c2sc(N(Cc3ccncc3)C(=O)c3ccc(Br)s3)nc12. The molecule has 1 aromatic carbocycles. The van der Waals surface area contributed by atoms with E-state index in [1.807, 2.05) is 43.3 Å². The van der Waals surface area contributed by atoms with Crippen LogP contribution >= 0.6 is 38.6 Å². The van der Waals surface area contributed by atoms with Crippen LogP contribution in [-0.2, 0) is 6.54 Å². The van der Waals surface area contributed by atoms with Crippen molar-refractivity contribution in [2.75, 3.05) is 12.0 Å². The second-order valence-electron chi connectivity index (χ2n) is 6.11. The lowest BCUT2D eigenvalue weighted by Crippen LogP contribution is -2.29. The number of thiazole rings is 1. The van der Waals surface area contributed by atoms with Crippen LogP contribution in [-0.4, -0.2) is 23.0 Å². The molecule has 142 valence electrons. The molecule has 4 aromatic rings. The van der Waals surface area contributed by atoms with Gasteiger partial charge in [0.05, 0.1) is 27.0 Å². The highest BCUT2D eigenvalue weighted by Crippen LogP contribution is 2.37. The van der Waals surface area contributed by atoms with Gasteiger partial charge in [-0.3, -0.25) is 14.7 Å². The number of hydrogen-bond donors (Lipinski definition) is 0. The van der Waals surface area contributed by atoms with Crippen LogP contribution in [0, 0.1) is 6.92 Å². The molecule has 0 radical (unpaired) electrons. The van der Waals surface area contributed by atoms with Crippen molar-refractivity contribution in [2.45, 2.75) is 13.5 Å². The van der Waals surface area contributed by atoms with Crippen LogP contribution in [0.3, 0.4) is 0 Å². The number of rotatable bonds is 5. The number of amides is 1. The summed E-state index contributed by atoms with van der Waals surface area (Å²) in [6.45, 7) is 2.45. The molecular weight excluding hydrogens is 458 g/mol. The standard InChI is InChI=1S/C20H16BrN3O2S2/c1-12-3-4-14(26-2)17-18(12)28-20(23-17)24(11-13-7-9-22-10-8-13)19(25)15-5-6-16(21)27-15/h3-10H,11H2,1-2H3. The fourth-order valence-electron chi connectivity index (χ4n) is 2.84. The Labute approximate surface area is 178 Å². The van der Waals surface area contributed by atoms with Gasteiger partial charge in [0.15, 0.2) is 5.13 Å². The molecule has 5 nitrogen and oxygen atoms in total. The van der Waals surface area contributed by atoms with Gasteiger partial charge in [-0.05, 0) is 64.3 Å². The predicted molar refractivity (Wildman–Crippen MR) is 118 cm³/mol. The van der Waals surface area contributed by atoms with Crippen LogP contribution in [0.25, 0.3) is 10.2 Å². The van der Waals surface area contributed by atoms with Crippen molar-refractivity contribution in [3.63, 3.8) is 0 Å². The van der Waals surface area contributed by atoms with Crippen molar-refractivity contribution in [3.05, 3.63) is 68.6 Å². The molecular formula is C20H16BrN3O2S2. The molecule has 0 saturated carbocycles. The molecule has 8 heteroatoms. The molecule has 0 atom stereocenters. The summed E-state index contributed by atoms with van der Waals surface area (Å²) in [5.74, 6) is 0.626. The molecule has 1 amide bonds. The first-order valence-electron chi connectivity index (χ1n) is 8.47. The number of thiophene rings is 1. The van der Waals surface area contributed by atoms with Crippen molar-refractivity contribution in [3.8, 4) is 5.75 Å². The van der Waals surface area contributed by atoms with Crippen molar-refractivity contribution >= 4 is 59.9 Å². The monoisotopic (exact) mass is 473 g/mol. The van der Waals surface area contributed by atoms with Crippen molar-refractivity contribution in [1.82, 2.24) is 9.97 Å². The number of aromatic nitrogens is 2. The number of benzene rings is 1. The van der Waals surface area contributed by atoms with E-state index in [1.54, 1.807) is 24.4 Å². The molecule has 0 aliphatic carbocycles. The number of halogens is 1. The number of hydrogen-bond acceptors (Lipinski definition) is 6. The smallest absolute Gasteiger partial charge is 0.270 e. The summed E-state index contributed by atoms with van der Waals surface area (Å²) in [6.07, 6.45) is 3.45. The molecule has 0 unspecified atom stereocenters. The molecule has 0 aliphatic heterocycles. The largest absolute Gasteiger partial charge is 0.494 e. The van der Waals surface area contributed by atoms with Gasteiger partial charge >= 0.3 is 0 Å². The topological polar surface area (TPSA) is 55.3 Å². The van der Waals surface area contributed by atoms with Crippen molar-refractivity contribution < 1.29 is 9.53 Å². The summed E-state index contributed by atoms with van der Waals surface area (Å²) in [5.41, 5.74) is 2.87. The zero-order valence-corrected chi connectivity index (χ0v) is 18.4. The molecule has 0 N–H and O–H groups in total. The number of ether oxygens (including phenoxy) is 1. The van der Waals surface area contributed by atoms with Crippen LogP contribution < -0.4 is 9.64 Å². The maximum absolute atomic E-state index is 13.3. The minimum absolute atomic E-state index is 0.0804. The zero-order chi connectivity index (χ0) is 19.7. The van der Waals surface area contributed by atoms with Gasteiger partial charge in [0, 0.05) is 12.4 Å². The first-order valence-corrected chi connectivity index (χ1v) is 10.9. The number of anilines is 1. The minimum atomic E-state index is -0.0804. The first-order chi connectivity index (χ1) is 13.6. The summed E-state index contributed by atoms with van der Waals surface area (Å²) < 4.78 is 7.41. The fourth-order valence-corrected chi connectivity index (χ4v) is 5.22. The van der Waals surface area contributed by atoms with E-state index in [0.717, 1.165) is 25.1 Å². The Bertz CT molecular complexity index is 1140. The van der Waals surface area contributed by atoms with Gasteiger partial charge in [-0.25, -0.2) is 4.98 Å². The summed E-state index contributed by atoms with van der Waals surface area (Å²) in [5, 5.41) is 0.647. The van der Waals surface area contributed by atoms with Crippen LogP contribution in [0.4, 0.5) is 5.13 Å². The van der Waals surface area contributed by atoms with Gasteiger partial charge in [0.1, 0.15) is 11.3 Å². The summed E-state index contributed by atoms with van der Waals surface area (Å²) in [7, 11) is 1.63. The molecule has 0 aliphatic rings. The van der Waals surface area contributed by atoms with Crippen LogP contribution in [0.5, 0.6) is 5.75 Å². The van der Waals surface area contributed by atoms with Crippen molar-refractivity contribution in [2.24, 2.45) is 0 Å². The molecule has 3 aromatic heterocycles. The lowest BCUT2D eigenvalue weighted by molar-refractivity contribution is 0.0989. The van der Waals surface area contributed by atoms with E-state index in [1.165, 1.54) is 22.7 Å². The van der Waals surface area contributed by atoms with E-state index < -0.39 is 0 Å². The van der Waals surface area contributed by atoms with E-state index in [2.05, 4.69) is 20.9 Å². The quantitative estimate of drug-likeness (QED) is 0.374. The van der Waals surface area contributed by atoms with Gasteiger partial charge < -0.3 is 4.74 Å². The number of carbonyl (C=O) groups excluding carboxylic acids is 1. The fraction of sp³-hybridized carbons (Fsp3) is 0.150. The third-order valence-corrected chi connectivity index (χ3v) is 7.09. The maximum Gasteiger partial charge on any atom is 0.270 e. The number of pyridine rings is 1. The number of nitrogens with zero attached hydrogens (tertiary/aromatic N) is 3.